The molecule has 0 radical (unpaired) electrons. The normalized spacial score (nSPS) is 31.0. The molecule has 2 heterocycles. The smallest absolute Gasteiger partial charge is 0.342 e. The molecule has 0 saturated heterocycles. The summed E-state index contributed by atoms with van der Waals surface area (Å²) in [7, 11) is 0. The van der Waals surface area contributed by atoms with E-state index in [9.17, 15) is 39.6 Å². The number of ether oxygens (including phenoxy) is 2. The number of phenolic OH excluding ortho intramolecular Hbond substituents is 2. The fraction of sp³-hybridized carbons (Fsp3) is 0.308. The van der Waals surface area contributed by atoms with E-state index < -0.39 is 71.3 Å². The maximum atomic E-state index is 14.2. The zero-order valence-electron chi connectivity index (χ0n) is 19.0. The summed E-state index contributed by atoms with van der Waals surface area (Å²) >= 11 is 0. The van der Waals surface area contributed by atoms with Gasteiger partial charge in [-0.15, -0.1) is 0 Å². The number of aromatic hydroxyl groups is 2. The Hall–Kier alpha value is -4.02. The van der Waals surface area contributed by atoms with Gasteiger partial charge in [-0.3, -0.25) is 9.59 Å². The van der Waals surface area contributed by atoms with Crippen LogP contribution in [-0.2, 0) is 25.3 Å². The summed E-state index contributed by atoms with van der Waals surface area (Å²) in [6.07, 6.45) is -1.57. The van der Waals surface area contributed by atoms with Crippen molar-refractivity contribution in [3.05, 3.63) is 62.2 Å². The van der Waals surface area contributed by atoms with Crippen molar-refractivity contribution in [3.63, 3.8) is 0 Å². The number of aliphatic hydroxyl groups is 2. The number of carbonyl (C=O) groups excluding carboxylic acids is 4. The molecule has 2 aromatic rings. The van der Waals surface area contributed by atoms with E-state index in [0.717, 1.165) is 0 Å². The molecule has 0 fully saturated rings. The number of aryl methyl sites for hydroxylation is 2. The van der Waals surface area contributed by atoms with Gasteiger partial charge in [0.05, 0.1) is 17.4 Å². The summed E-state index contributed by atoms with van der Waals surface area (Å²) in [4.78, 5) is 53.5. The highest BCUT2D eigenvalue weighted by Crippen LogP contribution is 2.65. The Kier molecular flexibility index (Phi) is 3.56. The molecule has 2 bridgehead atoms. The van der Waals surface area contributed by atoms with E-state index >= 15 is 0 Å². The molecule has 182 valence electrons. The van der Waals surface area contributed by atoms with Gasteiger partial charge in [-0.25, -0.2) is 9.59 Å². The molecule has 2 aliphatic heterocycles. The number of esters is 2. The summed E-state index contributed by atoms with van der Waals surface area (Å²) < 4.78 is 10.5. The second-order valence-electron chi connectivity index (χ2n) is 10.1. The zero-order chi connectivity index (χ0) is 25.6. The largest absolute Gasteiger partial charge is 0.507 e. The molecular formula is C26H18O10. The minimum atomic E-state index is -2.41. The summed E-state index contributed by atoms with van der Waals surface area (Å²) in [6, 6.07) is 2.53. The monoisotopic (exact) mass is 490 g/mol. The highest BCUT2D eigenvalue weighted by atomic mass is 16.5. The highest BCUT2D eigenvalue weighted by Gasteiger charge is 2.70. The lowest BCUT2D eigenvalue weighted by Gasteiger charge is -2.45. The Labute approximate surface area is 202 Å². The molecule has 4 N–H and O–H groups in total. The fourth-order valence-electron chi connectivity index (χ4n) is 7.01. The van der Waals surface area contributed by atoms with Gasteiger partial charge in [-0.2, -0.15) is 0 Å². The second kappa shape index (κ2) is 6.03. The highest BCUT2D eigenvalue weighted by molar-refractivity contribution is 6.25. The van der Waals surface area contributed by atoms with Gasteiger partial charge in [0, 0.05) is 16.7 Å². The molecule has 2 aromatic carbocycles. The van der Waals surface area contributed by atoms with Crippen molar-refractivity contribution in [3.8, 4) is 11.5 Å². The average molecular weight is 490 g/mol. The zero-order valence-corrected chi connectivity index (χ0v) is 19.0. The molecule has 10 nitrogen and oxygen atoms in total. The van der Waals surface area contributed by atoms with E-state index in [1.165, 1.54) is 12.1 Å². The molecule has 7 rings (SSSR count). The number of aliphatic hydroxyl groups excluding tert-OH is 1. The number of rotatable bonds is 0. The molecule has 36 heavy (non-hydrogen) atoms. The van der Waals surface area contributed by atoms with Crippen LogP contribution in [0.1, 0.15) is 58.9 Å². The van der Waals surface area contributed by atoms with Crippen molar-refractivity contribution in [2.45, 2.75) is 31.0 Å². The van der Waals surface area contributed by atoms with Crippen LogP contribution in [0.4, 0.5) is 0 Å². The Balaban J connectivity index is 1.70. The number of carbonyl (C=O) groups is 4. The van der Waals surface area contributed by atoms with E-state index in [2.05, 4.69) is 0 Å². The quantitative estimate of drug-likeness (QED) is 0.386. The fourth-order valence-corrected chi connectivity index (χ4v) is 7.01. The molecule has 0 saturated carbocycles. The predicted octanol–water partition coefficient (Wildman–Crippen LogP) is 0.704. The van der Waals surface area contributed by atoms with Crippen molar-refractivity contribution in [2.24, 2.45) is 5.92 Å². The number of benzene rings is 2. The van der Waals surface area contributed by atoms with Crippen LogP contribution in [0.15, 0.2) is 17.7 Å². The second-order valence-corrected chi connectivity index (χ2v) is 10.1. The number of hydrogen-bond acceptors (Lipinski definition) is 10. The van der Waals surface area contributed by atoms with Crippen molar-refractivity contribution in [1.29, 1.82) is 0 Å². The van der Waals surface area contributed by atoms with Crippen molar-refractivity contribution >= 4 is 29.1 Å². The third kappa shape index (κ3) is 1.94. The molecule has 1 spiro atoms. The van der Waals surface area contributed by atoms with Gasteiger partial charge in [-0.05, 0) is 53.8 Å². The van der Waals surface area contributed by atoms with Gasteiger partial charge in [0.15, 0.2) is 17.2 Å². The first kappa shape index (κ1) is 21.3. The van der Waals surface area contributed by atoms with Gasteiger partial charge in [0.2, 0.25) is 0 Å². The standard InChI is InChI=1S/C26H18O10/c1-7-3-10(28)14-18-11(7)15-16-20(29)12-8(2)4-9(27)13-17(12)25(21(16)30,5-35-23(13)32)19(15)22(31)26(18,34)6-36-24(14)33/h3-4,16,21,27-28,30,34H,5-6H2,1-2H3/t16-,21+,25?,26?/m0/s1. The number of fused-ring (bicyclic) bond motifs is 3. The van der Waals surface area contributed by atoms with Crippen molar-refractivity contribution < 1.29 is 49.1 Å². The summed E-state index contributed by atoms with van der Waals surface area (Å²) in [5.74, 6) is -5.57. The Morgan fingerprint density at radius 2 is 1.39 bits per heavy atom. The lowest BCUT2D eigenvalue weighted by atomic mass is 9.61. The first-order chi connectivity index (χ1) is 17.0. The number of cyclic esters (lactones) is 2. The van der Waals surface area contributed by atoms with E-state index in [-0.39, 0.29) is 44.5 Å². The lowest BCUT2D eigenvalue weighted by molar-refractivity contribution is -0.142. The minimum Gasteiger partial charge on any atom is -0.507 e. The van der Waals surface area contributed by atoms with Gasteiger partial charge in [0.1, 0.15) is 35.8 Å². The SMILES string of the molecule is Cc1cc(O)c2c3c1C1=C(C(=O)C3(O)COC2=O)C23COC(=O)c4c(O)cc(C)c(c42)C(=O)[C@H]1[C@H]3O. The van der Waals surface area contributed by atoms with Crippen LogP contribution in [0.5, 0.6) is 11.5 Å². The molecular weight excluding hydrogens is 472 g/mol. The molecule has 5 aliphatic rings. The summed E-state index contributed by atoms with van der Waals surface area (Å²) in [5.41, 5.74) is -4.03. The topological polar surface area (TPSA) is 168 Å². The van der Waals surface area contributed by atoms with Crippen molar-refractivity contribution in [1.82, 2.24) is 0 Å². The molecule has 3 aliphatic carbocycles. The van der Waals surface area contributed by atoms with Gasteiger partial charge in [-0.1, -0.05) is 0 Å². The van der Waals surface area contributed by atoms with Crippen LogP contribution < -0.4 is 0 Å². The van der Waals surface area contributed by atoms with Gasteiger partial charge < -0.3 is 29.9 Å². The molecule has 2 unspecified atom stereocenters. The van der Waals surface area contributed by atoms with Crippen LogP contribution >= 0.6 is 0 Å². The van der Waals surface area contributed by atoms with Crippen LogP contribution in [0.3, 0.4) is 0 Å². The molecule has 0 aromatic heterocycles. The van der Waals surface area contributed by atoms with Crippen molar-refractivity contribution in [2.75, 3.05) is 13.2 Å². The van der Waals surface area contributed by atoms with Crippen LogP contribution in [0.2, 0.25) is 0 Å². The number of hydrogen-bond donors (Lipinski definition) is 4. The van der Waals surface area contributed by atoms with Crippen LogP contribution in [-0.4, -0.2) is 63.2 Å². The van der Waals surface area contributed by atoms with E-state index in [0.29, 0.717) is 11.1 Å². The third-order valence-corrected chi connectivity index (χ3v) is 8.37. The van der Waals surface area contributed by atoms with E-state index in [1.54, 1.807) is 13.8 Å². The minimum absolute atomic E-state index is 0.000130. The van der Waals surface area contributed by atoms with E-state index in [1.807, 2.05) is 0 Å². The number of phenols is 2. The summed E-state index contributed by atoms with van der Waals surface area (Å²) in [6.45, 7) is 1.92. The first-order valence-corrected chi connectivity index (χ1v) is 11.3. The predicted molar refractivity (Wildman–Crippen MR) is 118 cm³/mol. The third-order valence-electron chi connectivity index (χ3n) is 8.37. The van der Waals surface area contributed by atoms with Crippen LogP contribution in [0.25, 0.3) is 5.57 Å². The lowest BCUT2D eigenvalue weighted by Crippen LogP contribution is -2.57. The van der Waals surface area contributed by atoms with Gasteiger partial charge >= 0.3 is 11.9 Å². The maximum Gasteiger partial charge on any atom is 0.342 e. The average Bonchev–Trinajstić information content (AvgIpc) is 2.99. The maximum absolute atomic E-state index is 14.2. The molecule has 10 heteroatoms. The first-order valence-electron chi connectivity index (χ1n) is 11.3. The Morgan fingerprint density at radius 1 is 0.833 bits per heavy atom. The van der Waals surface area contributed by atoms with E-state index in [4.69, 9.17) is 9.47 Å². The Morgan fingerprint density at radius 3 is 2.03 bits per heavy atom. The molecule has 4 atom stereocenters. The molecule has 0 amide bonds. The van der Waals surface area contributed by atoms with Gasteiger partial charge in [0.25, 0.3) is 0 Å². The number of Topliss-reactive ketones (excluding diaryl/α,β-unsaturated/α-hetero) is 2. The number of ketones is 2. The summed E-state index contributed by atoms with van der Waals surface area (Å²) in [5, 5.41) is 44.6. The van der Waals surface area contributed by atoms with Crippen LogP contribution in [0, 0.1) is 19.8 Å². The Bertz CT molecular complexity index is 1600.